The Kier molecular flexibility index (Phi) is 5.16. The first-order chi connectivity index (χ1) is 12.6. The molecule has 27 heavy (non-hydrogen) atoms. The van der Waals surface area contributed by atoms with Gasteiger partial charge in [0.2, 0.25) is 11.8 Å². The van der Waals surface area contributed by atoms with Gasteiger partial charge in [-0.1, -0.05) is 0 Å². The van der Waals surface area contributed by atoms with Crippen LogP contribution in [0.25, 0.3) is 0 Å². The Morgan fingerprint density at radius 3 is 2.19 bits per heavy atom. The summed E-state index contributed by atoms with van der Waals surface area (Å²) in [4.78, 5) is 32.8. The van der Waals surface area contributed by atoms with Crippen molar-refractivity contribution in [3.05, 3.63) is 23.9 Å². The number of hydrogen-bond donors (Lipinski definition) is 2. The van der Waals surface area contributed by atoms with E-state index in [1.54, 1.807) is 6.07 Å². The lowest BCUT2D eigenvalue weighted by Gasteiger charge is -2.49. The highest BCUT2D eigenvalue weighted by Gasteiger charge is 2.40. The van der Waals surface area contributed by atoms with E-state index in [2.05, 4.69) is 42.9 Å². The van der Waals surface area contributed by atoms with Gasteiger partial charge in [0.25, 0.3) is 0 Å². The van der Waals surface area contributed by atoms with E-state index in [4.69, 9.17) is 5.73 Å². The Morgan fingerprint density at radius 2 is 1.70 bits per heavy atom. The molecule has 0 spiro atoms. The quantitative estimate of drug-likeness (QED) is 0.835. The third kappa shape index (κ3) is 4.58. The molecule has 0 saturated carbocycles. The first-order valence-corrected chi connectivity index (χ1v) is 9.65. The molecule has 1 aromatic heterocycles. The van der Waals surface area contributed by atoms with Crippen molar-refractivity contribution in [2.45, 2.75) is 51.6 Å². The van der Waals surface area contributed by atoms with Gasteiger partial charge in [0.05, 0.1) is 5.56 Å². The maximum absolute atomic E-state index is 13.1. The second-order valence-corrected chi connectivity index (χ2v) is 9.12. The molecule has 2 aliphatic rings. The molecular formula is C20H31N5O2. The van der Waals surface area contributed by atoms with Crippen molar-refractivity contribution in [1.82, 2.24) is 15.2 Å². The summed E-state index contributed by atoms with van der Waals surface area (Å²) in [6.07, 6.45) is 3.16. The lowest BCUT2D eigenvalue weighted by atomic mass is 9.88. The van der Waals surface area contributed by atoms with Crippen LogP contribution < -0.4 is 16.0 Å². The van der Waals surface area contributed by atoms with Crippen LogP contribution in [0, 0.1) is 5.92 Å². The SMILES string of the molecule is CC1(C)CN(C(=O)C2CCN(c3ccc(C(N)=O)cn3)CC2)CC(C)(C)N1. The number of nitrogens with two attached hydrogens (primary N) is 1. The summed E-state index contributed by atoms with van der Waals surface area (Å²) in [5, 5.41) is 3.62. The van der Waals surface area contributed by atoms with Crippen LogP contribution in [0.1, 0.15) is 50.9 Å². The van der Waals surface area contributed by atoms with Gasteiger partial charge < -0.3 is 20.9 Å². The standard InChI is InChI=1S/C20H31N5O2/c1-19(2)12-25(13-20(3,4)23-19)18(27)14-7-9-24(10-8-14)16-6-5-15(11-22-16)17(21)26/h5-6,11,14,23H,7-10,12-13H2,1-4H3,(H2,21,26). The van der Waals surface area contributed by atoms with Gasteiger partial charge in [0, 0.05) is 49.4 Å². The Hall–Kier alpha value is -2.15. The van der Waals surface area contributed by atoms with Gasteiger partial charge in [-0.15, -0.1) is 0 Å². The summed E-state index contributed by atoms with van der Waals surface area (Å²) in [6.45, 7) is 11.7. The van der Waals surface area contributed by atoms with Gasteiger partial charge in [0.15, 0.2) is 0 Å². The molecule has 3 heterocycles. The Balaban J connectivity index is 1.60. The van der Waals surface area contributed by atoms with Crippen LogP contribution in [0.5, 0.6) is 0 Å². The Morgan fingerprint density at radius 1 is 1.11 bits per heavy atom. The van der Waals surface area contributed by atoms with E-state index in [0.29, 0.717) is 5.56 Å². The highest BCUT2D eigenvalue weighted by molar-refractivity contribution is 5.92. The van der Waals surface area contributed by atoms with Crippen LogP contribution in [0.2, 0.25) is 0 Å². The van der Waals surface area contributed by atoms with Crippen LogP contribution in [0.3, 0.4) is 0 Å². The monoisotopic (exact) mass is 373 g/mol. The van der Waals surface area contributed by atoms with Gasteiger partial charge >= 0.3 is 0 Å². The van der Waals surface area contributed by atoms with Crippen LogP contribution in [-0.2, 0) is 4.79 Å². The van der Waals surface area contributed by atoms with E-state index in [9.17, 15) is 9.59 Å². The number of carbonyl (C=O) groups excluding carboxylic acids is 2. The number of carbonyl (C=O) groups is 2. The number of anilines is 1. The molecular weight excluding hydrogens is 342 g/mol. The number of piperidine rings is 1. The minimum absolute atomic E-state index is 0.0656. The molecule has 0 aromatic carbocycles. The highest BCUT2D eigenvalue weighted by atomic mass is 16.2. The summed E-state index contributed by atoms with van der Waals surface area (Å²) >= 11 is 0. The molecule has 2 fully saturated rings. The van der Waals surface area contributed by atoms with E-state index in [1.807, 2.05) is 11.0 Å². The van der Waals surface area contributed by atoms with Crippen LogP contribution >= 0.6 is 0 Å². The first-order valence-electron chi connectivity index (χ1n) is 9.65. The largest absolute Gasteiger partial charge is 0.366 e. The van der Waals surface area contributed by atoms with Gasteiger partial charge in [-0.05, 0) is 52.7 Å². The summed E-state index contributed by atoms with van der Waals surface area (Å²) in [5.74, 6) is 0.695. The van der Waals surface area contributed by atoms with Crippen molar-refractivity contribution >= 4 is 17.6 Å². The maximum atomic E-state index is 13.1. The minimum Gasteiger partial charge on any atom is -0.366 e. The van der Waals surface area contributed by atoms with Crippen molar-refractivity contribution in [3.8, 4) is 0 Å². The lowest BCUT2D eigenvalue weighted by molar-refractivity contribution is -0.140. The van der Waals surface area contributed by atoms with E-state index in [1.165, 1.54) is 6.20 Å². The molecule has 0 unspecified atom stereocenters. The highest BCUT2D eigenvalue weighted by Crippen LogP contribution is 2.27. The predicted molar refractivity (Wildman–Crippen MR) is 106 cm³/mol. The summed E-state index contributed by atoms with van der Waals surface area (Å²) in [6, 6.07) is 3.52. The van der Waals surface area contributed by atoms with Crippen molar-refractivity contribution < 1.29 is 9.59 Å². The predicted octanol–water partition coefficient (Wildman–Crippen LogP) is 1.39. The van der Waals surface area contributed by atoms with Crippen molar-refractivity contribution in [3.63, 3.8) is 0 Å². The number of nitrogens with one attached hydrogen (secondary N) is 1. The van der Waals surface area contributed by atoms with E-state index < -0.39 is 5.91 Å². The minimum atomic E-state index is -0.472. The third-order valence-corrected chi connectivity index (χ3v) is 5.36. The van der Waals surface area contributed by atoms with Crippen molar-refractivity contribution in [2.24, 2.45) is 11.7 Å². The van der Waals surface area contributed by atoms with E-state index >= 15 is 0 Å². The summed E-state index contributed by atoms with van der Waals surface area (Å²) in [5.41, 5.74) is 5.52. The number of aromatic nitrogens is 1. The van der Waals surface area contributed by atoms with Crippen molar-refractivity contribution in [2.75, 3.05) is 31.1 Å². The second kappa shape index (κ2) is 7.11. The molecule has 7 heteroatoms. The average Bonchev–Trinajstić information content (AvgIpc) is 2.58. The topological polar surface area (TPSA) is 91.6 Å². The number of pyridine rings is 1. The Labute approximate surface area is 161 Å². The zero-order valence-corrected chi connectivity index (χ0v) is 16.8. The van der Waals surface area contributed by atoms with Crippen LogP contribution in [-0.4, -0.2) is 59.0 Å². The molecule has 0 bridgehead atoms. The molecule has 2 saturated heterocycles. The third-order valence-electron chi connectivity index (χ3n) is 5.36. The molecule has 3 N–H and O–H groups in total. The molecule has 0 aliphatic carbocycles. The zero-order valence-electron chi connectivity index (χ0n) is 16.8. The van der Waals surface area contributed by atoms with E-state index in [-0.39, 0.29) is 22.9 Å². The molecule has 7 nitrogen and oxygen atoms in total. The van der Waals surface area contributed by atoms with Gasteiger partial charge in [-0.3, -0.25) is 9.59 Å². The summed E-state index contributed by atoms with van der Waals surface area (Å²) in [7, 11) is 0. The van der Waals surface area contributed by atoms with Crippen LogP contribution in [0.4, 0.5) is 5.82 Å². The molecule has 0 atom stereocenters. The molecule has 2 aliphatic heterocycles. The fraction of sp³-hybridized carbons (Fsp3) is 0.650. The first kappa shape index (κ1) is 19.6. The second-order valence-electron chi connectivity index (χ2n) is 9.12. The zero-order chi connectivity index (χ0) is 19.8. The van der Waals surface area contributed by atoms with E-state index in [0.717, 1.165) is 44.8 Å². The molecule has 3 rings (SSSR count). The number of rotatable bonds is 3. The number of primary amides is 1. The van der Waals surface area contributed by atoms with Gasteiger partial charge in [-0.25, -0.2) is 4.98 Å². The average molecular weight is 374 g/mol. The Bertz CT molecular complexity index is 690. The number of hydrogen-bond acceptors (Lipinski definition) is 5. The smallest absolute Gasteiger partial charge is 0.250 e. The van der Waals surface area contributed by atoms with Gasteiger partial charge in [-0.2, -0.15) is 0 Å². The normalized spacial score (nSPS) is 22.5. The fourth-order valence-electron chi connectivity index (χ4n) is 4.49. The molecule has 1 aromatic rings. The molecule has 0 radical (unpaired) electrons. The van der Waals surface area contributed by atoms with Gasteiger partial charge in [0.1, 0.15) is 5.82 Å². The van der Waals surface area contributed by atoms with Crippen LogP contribution in [0.15, 0.2) is 18.3 Å². The number of amides is 2. The number of piperazine rings is 1. The lowest BCUT2D eigenvalue weighted by Crippen LogP contribution is -2.68. The summed E-state index contributed by atoms with van der Waals surface area (Å²) < 4.78 is 0. The maximum Gasteiger partial charge on any atom is 0.250 e. The number of nitrogens with zero attached hydrogens (tertiary/aromatic N) is 3. The molecule has 148 valence electrons. The molecule has 2 amide bonds. The van der Waals surface area contributed by atoms with Crippen molar-refractivity contribution in [1.29, 1.82) is 0 Å². The fourth-order valence-corrected chi connectivity index (χ4v) is 4.49.